The Kier molecular flexibility index (Phi) is 3.85. The lowest BCUT2D eigenvalue weighted by molar-refractivity contribution is 0.414. The number of methoxy groups -OCH3 is 1. The number of benzene rings is 1. The molecule has 0 atom stereocenters. The van der Waals surface area contributed by atoms with Gasteiger partial charge in [-0.05, 0) is 24.6 Å². The summed E-state index contributed by atoms with van der Waals surface area (Å²) in [6.07, 6.45) is 1.74. The molecule has 0 spiro atoms. The Morgan fingerprint density at radius 3 is 2.89 bits per heavy atom. The molecule has 5 heteroatoms. The van der Waals surface area contributed by atoms with E-state index < -0.39 is 0 Å². The topological polar surface area (TPSA) is 64.3 Å². The maximum absolute atomic E-state index is 5.64. The lowest BCUT2D eigenvalue weighted by Crippen LogP contribution is -2.19. The number of ether oxygens (including phenoxy) is 1. The molecule has 2 rings (SSSR count). The average molecular weight is 258 g/mol. The fraction of sp³-hybridized carbons (Fsp3) is 0.286. The predicted molar refractivity (Wildman–Crippen MR) is 76.3 cm³/mol. The van der Waals surface area contributed by atoms with Crippen LogP contribution in [0.5, 0.6) is 5.75 Å². The van der Waals surface area contributed by atoms with E-state index in [0.29, 0.717) is 0 Å². The van der Waals surface area contributed by atoms with Crippen LogP contribution < -0.4 is 15.4 Å². The molecule has 0 aliphatic rings. The molecule has 0 saturated heterocycles. The highest BCUT2D eigenvalue weighted by molar-refractivity contribution is 5.48. The van der Waals surface area contributed by atoms with Crippen molar-refractivity contribution in [1.29, 1.82) is 0 Å². The van der Waals surface area contributed by atoms with Gasteiger partial charge in [-0.25, -0.2) is 4.98 Å². The van der Waals surface area contributed by atoms with Gasteiger partial charge in [-0.15, -0.1) is 0 Å². The first kappa shape index (κ1) is 13.1. The number of hydrogen-bond acceptors (Lipinski definition) is 5. The van der Waals surface area contributed by atoms with Crippen molar-refractivity contribution in [2.45, 2.75) is 13.5 Å². The molecule has 0 bridgehead atoms. The second-order valence-electron chi connectivity index (χ2n) is 4.44. The van der Waals surface area contributed by atoms with Crippen LogP contribution in [0.4, 0.5) is 11.8 Å². The zero-order valence-corrected chi connectivity index (χ0v) is 11.4. The van der Waals surface area contributed by atoms with Crippen molar-refractivity contribution in [3.8, 4) is 5.75 Å². The smallest absolute Gasteiger partial charge is 0.221 e. The summed E-state index contributed by atoms with van der Waals surface area (Å²) in [6, 6.07) is 7.97. The van der Waals surface area contributed by atoms with Gasteiger partial charge in [0.05, 0.1) is 7.11 Å². The van der Waals surface area contributed by atoms with Crippen molar-refractivity contribution in [3.05, 3.63) is 41.6 Å². The van der Waals surface area contributed by atoms with Crippen LogP contribution in [0.1, 0.15) is 11.1 Å². The fourth-order valence-electron chi connectivity index (χ4n) is 1.95. The molecule has 0 aliphatic heterocycles. The van der Waals surface area contributed by atoms with Gasteiger partial charge in [0.2, 0.25) is 5.95 Å². The lowest BCUT2D eigenvalue weighted by Gasteiger charge is -2.20. The largest absolute Gasteiger partial charge is 0.497 e. The van der Waals surface area contributed by atoms with Crippen molar-refractivity contribution in [3.63, 3.8) is 0 Å². The zero-order chi connectivity index (χ0) is 13.8. The van der Waals surface area contributed by atoms with Crippen molar-refractivity contribution in [2.24, 2.45) is 0 Å². The van der Waals surface area contributed by atoms with E-state index in [1.54, 1.807) is 13.3 Å². The normalized spacial score (nSPS) is 10.3. The minimum absolute atomic E-state index is 0.290. The number of hydrogen-bond donors (Lipinski definition) is 1. The molecule has 0 aliphatic carbocycles. The van der Waals surface area contributed by atoms with Gasteiger partial charge < -0.3 is 15.4 Å². The minimum Gasteiger partial charge on any atom is -0.497 e. The highest BCUT2D eigenvalue weighted by Gasteiger charge is 2.08. The summed E-state index contributed by atoms with van der Waals surface area (Å²) >= 11 is 0. The summed E-state index contributed by atoms with van der Waals surface area (Å²) in [4.78, 5) is 10.3. The molecule has 5 nitrogen and oxygen atoms in total. The molecule has 1 heterocycles. The van der Waals surface area contributed by atoms with Crippen LogP contribution >= 0.6 is 0 Å². The summed E-state index contributed by atoms with van der Waals surface area (Å²) in [5.41, 5.74) is 7.79. The molecule has 1 aromatic heterocycles. The van der Waals surface area contributed by atoms with E-state index in [2.05, 4.69) is 16.0 Å². The van der Waals surface area contributed by atoms with Gasteiger partial charge in [-0.2, -0.15) is 4.98 Å². The first-order valence-electron chi connectivity index (χ1n) is 6.03. The molecule has 19 heavy (non-hydrogen) atoms. The first-order chi connectivity index (χ1) is 9.10. The molecule has 0 saturated carbocycles. The second kappa shape index (κ2) is 5.56. The minimum atomic E-state index is 0.290. The summed E-state index contributed by atoms with van der Waals surface area (Å²) < 4.78 is 5.22. The maximum Gasteiger partial charge on any atom is 0.221 e. The summed E-state index contributed by atoms with van der Waals surface area (Å²) in [5.74, 6) is 1.98. The Hall–Kier alpha value is -2.30. The summed E-state index contributed by atoms with van der Waals surface area (Å²) in [5, 5.41) is 0. The maximum atomic E-state index is 5.64. The number of nitrogens with zero attached hydrogens (tertiary/aromatic N) is 3. The van der Waals surface area contributed by atoms with Gasteiger partial charge in [0.15, 0.2) is 0 Å². The first-order valence-corrected chi connectivity index (χ1v) is 6.03. The third-order valence-corrected chi connectivity index (χ3v) is 2.88. The van der Waals surface area contributed by atoms with Crippen molar-refractivity contribution < 1.29 is 4.74 Å². The number of nitrogens with two attached hydrogens (primary N) is 1. The van der Waals surface area contributed by atoms with Gasteiger partial charge in [-0.3, -0.25) is 0 Å². The van der Waals surface area contributed by atoms with Crippen molar-refractivity contribution in [1.82, 2.24) is 9.97 Å². The second-order valence-corrected chi connectivity index (χ2v) is 4.44. The third kappa shape index (κ3) is 3.13. The molecule has 0 amide bonds. The lowest BCUT2D eigenvalue weighted by atomic mass is 10.2. The number of nitrogen functional groups attached to an aromatic ring is 1. The van der Waals surface area contributed by atoms with Gasteiger partial charge >= 0.3 is 0 Å². The van der Waals surface area contributed by atoms with Crippen LogP contribution in [0, 0.1) is 6.92 Å². The third-order valence-electron chi connectivity index (χ3n) is 2.88. The Balaban J connectivity index is 2.20. The quantitative estimate of drug-likeness (QED) is 0.908. The van der Waals surface area contributed by atoms with Crippen LogP contribution in [0.3, 0.4) is 0 Å². The van der Waals surface area contributed by atoms with E-state index in [1.165, 1.54) is 0 Å². The Bertz CT molecular complexity index is 571. The van der Waals surface area contributed by atoms with Gasteiger partial charge in [0, 0.05) is 25.4 Å². The summed E-state index contributed by atoms with van der Waals surface area (Å²) in [6.45, 7) is 2.70. The molecule has 1 aromatic carbocycles. The highest BCUT2D eigenvalue weighted by Crippen LogP contribution is 2.19. The van der Waals surface area contributed by atoms with Gasteiger partial charge in [-0.1, -0.05) is 12.1 Å². The van der Waals surface area contributed by atoms with E-state index in [1.807, 2.05) is 37.1 Å². The Labute approximate surface area is 113 Å². The predicted octanol–water partition coefficient (Wildman–Crippen LogP) is 2.01. The van der Waals surface area contributed by atoms with Crippen molar-refractivity contribution >= 4 is 11.8 Å². The van der Waals surface area contributed by atoms with E-state index >= 15 is 0 Å². The van der Waals surface area contributed by atoms with Crippen molar-refractivity contribution in [2.75, 3.05) is 24.8 Å². The van der Waals surface area contributed by atoms with E-state index in [-0.39, 0.29) is 5.95 Å². The molecular formula is C14H18N4O. The summed E-state index contributed by atoms with van der Waals surface area (Å²) in [7, 11) is 3.65. The van der Waals surface area contributed by atoms with Crippen LogP contribution in [-0.2, 0) is 6.54 Å². The average Bonchev–Trinajstić information content (AvgIpc) is 2.41. The van der Waals surface area contributed by atoms with Gasteiger partial charge in [0.25, 0.3) is 0 Å². The number of rotatable bonds is 4. The van der Waals surface area contributed by atoms with Gasteiger partial charge in [0.1, 0.15) is 11.6 Å². The number of aromatic nitrogens is 2. The Morgan fingerprint density at radius 1 is 1.37 bits per heavy atom. The van der Waals surface area contributed by atoms with Crippen LogP contribution in [-0.4, -0.2) is 24.1 Å². The molecule has 0 fully saturated rings. The van der Waals surface area contributed by atoms with Crippen LogP contribution in [0.25, 0.3) is 0 Å². The van der Waals surface area contributed by atoms with E-state index in [0.717, 1.165) is 29.2 Å². The van der Waals surface area contributed by atoms with Crippen LogP contribution in [0.2, 0.25) is 0 Å². The molecule has 0 radical (unpaired) electrons. The molecule has 2 aromatic rings. The molecular weight excluding hydrogens is 240 g/mol. The van der Waals surface area contributed by atoms with E-state index in [4.69, 9.17) is 10.5 Å². The molecule has 0 unspecified atom stereocenters. The number of aryl methyl sites for hydroxylation is 1. The van der Waals surface area contributed by atoms with Crippen LogP contribution in [0.15, 0.2) is 30.5 Å². The molecule has 100 valence electrons. The Morgan fingerprint density at radius 2 is 2.16 bits per heavy atom. The fourth-order valence-corrected chi connectivity index (χ4v) is 1.95. The zero-order valence-electron chi connectivity index (χ0n) is 11.4. The standard InChI is InChI=1S/C14H18N4O/c1-10-8-16-14(15)17-13(10)18(2)9-11-5-4-6-12(7-11)19-3/h4-8H,9H2,1-3H3,(H2,15,16,17). The number of anilines is 2. The van der Waals surface area contributed by atoms with E-state index in [9.17, 15) is 0 Å². The SMILES string of the molecule is COc1cccc(CN(C)c2nc(N)ncc2C)c1. The monoisotopic (exact) mass is 258 g/mol. The highest BCUT2D eigenvalue weighted by atomic mass is 16.5. The molecule has 2 N–H and O–H groups in total.